The van der Waals surface area contributed by atoms with Crippen molar-refractivity contribution in [3.05, 3.63) is 54.1 Å². The van der Waals surface area contributed by atoms with Crippen molar-refractivity contribution in [2.45, 2.75) is 13.0 Å². The molecule has 2 aromatic carbocycles. The van der Waals surface area contributed by atoms with E-state index in [2.05, 4.69) is 15.6 Å². The van der Waals surface area contributed by atoms with Gasteiger partial charge >= 0.3 is 0 Å². The molecule has 2 aromatic rings. The molecule has 0 amide bonds. The third-order valence-electron chi connectivity index (χ3n) is 3.86. The maximum Gasteiger partial charge on any atom is 0.195 e. The molecule has 140 valence electrons. The quantitative estimate of drug-likeness (QED) is 0.559. The number of hydrogen-bond donors (Lipinski definition) is 2. The third kappa shape index (κ3) is 5.39. The molecule has 0 fully saturated rings. The number of hydrogen-bond acceptors (Lipinski definition) is 4. The first-order valence-electron chi connectivity index (χ1n) is 8.56. The summed E-state index contributed by atoms with van der Waals surface area (Å²) in [7, 11) is 4.93. The molecule has 0 radical (unpaired) electrons. The summed E-state index contributed by atoms with van der Waals surface area (Å²) in [5, 5.41) is 6.52. The van der Waals surface area contributed by atoms with E-state index >= 15 is 0 Å². The van der Waals surface area contributed by atoms with E-state index in [4.69, 9.17) is 14.2 Å². The van der Waals surface area contributed by atoms with Crippen molar-refractivity contribution in [3.63, 3.8) is 0 Å². The second-order valence-electron chi connectivity index (χ2n) is 5.55. The van der Waals surface area contributed by atoms with E-state index in [0.717, 1.165) is 17.8 Å². The first kappa shape index (κ1) is 19.6. The van der Waals surface area contributed by atoms with Crippen LogP contribution in [0.1, 0.15) is 18.6 Å². The van der Waals surface area contributed by atoms with Crippen LogP contribution in [-0.2, 0) is 4.74 Å². The van der Waals surface area contributed by atoms with Gasteiger partial charge in [0.1, 0.15) is 6.10 Å². The summed E-state index contributed by atoms with van der Waals surface area (Å²) in [6, 6.07) is 15.7. The molecule has 0 aromatic heterocycles. The number of anilines is 1. The standard InChI is InChI=1S/C20H27N3O3/c1-5-21-20(22-14-19(26-4)15-9-7-6-8-10-15)23-16-11-12-17(24-2)18(13-16)25-3/h6-13,19H,5,14H2,1-4H3,(H2,21,22,23). The maximum atomic E-state index is 5.58. The Morgan fingerprint density at radius 2 is 1.73 bits per heavy atom. The van der Waals surface area contributed by atoms with Gasteiger partial charge in [0.15, 0.2) is 17.5 Å². The van der Waals surface area contributed by atoms with Crippen molar-refractivity contribution in [2.24, 2.45) is 4.99 Å². The summed E-state index contributed by atoms with van der Waals surface area (Å²) in [6.45, 7) is 3.28. The average molecular weight is 357 g/mol. The van der Waals surface area contributed by atoms with Crippen LogP contribution in [0.4, 0.5) is 5.69 Å². The number of ether oxygens (including phenoxy) is 3. The molecule has 0 saturated heterocycles. The number of methoxy groups -OCH3 is 3. The fraction of sp³-hybridized carbons (Fsp3) is 0.350. The molecule has 0 spiro atoms. The Balaban J connectivity index is 2.13. The van der Waals surface area contributed by atoms with Gasteiger partial charge in [-0.1, -0.05) is 30.3 Å². The zero-order valence-corrected chi connectivity index (χ0v) is 15.8. The third-order valence-corrected chi connectivity index (χ3v) is 3.86. The second-order valence-corrected chi connectivity index (χ2v) is 5.55. The molecule has 0 aliphatic heterocycles. The molecular formula is C20H27N3O3. The molecule has 0 bridgehead atoms. The van der Waals surface area contributed by atoms with Gasteiger partial charge in [-0.05, 0) is 24.6 Å². The van der Waals surface area contributed by atoms with Crippen molar-refractivity contribution in [3.8, 4) is 11.5 Å². The molecular weight excluding hydrogens is 330 g/mol. The largest absolute Gasteiger partial charge is 0.493 e. The van der Waals surface area contributed by atoms with E-state index in [1.54, 1.807) is 21.3 Å². The molecule has 6 nitrogen and oxygen atoms in total. The normalized spacial score (nSPS) is 12.4. The van der Waals surface area contributed by atoms with Gasteiger partial charge in [0.05, 0.1) is 20.8 Å². The average Bonchev–Trinajstić information content (AvgIpc) is 2.69. The molecule has 0 aliphatic rings. The van der Waals surface area contributed by atoms with Crippen molar-refractivity contribution >= 4 is 11.6 Å². The SMILES string of the molecule is CCNC(=NCC(OC)c1ccccc1)Nc1ccc(OC)c(OC)c1. The Morgan fingerprint density at radius 1 is 1.00 bits per heavy atom. The highest BCUT2D eigenvalue weighted by Gasteiger charge is 2.11. The van der Waals surface area contributed by atoms with Crippen LogP contribution in [-0.4, -0.2) is 40.4 Å². The number of aliphatic imine (C=N–C) groups is 1. The minimum absolute atomic E-state index is 0.0999. The van der Waals surface area contributed by atoms with Gasteiger partial charge in [-0.25, -0.2) is 4.99 Å². The van der Waals surface area contributed by atoms with Crippen LogP contribution in [0.2, 0.25) is 0 Å². The monoisotopic (exact) mass is 357 g/mol. The van der Waals surface area contributed by atoms with E-state index in [1.165, 1.54) is 0 Å². The minimum atomic E-state index is -0.0999. The Hall–Kier alpha value is -2.73. The van der Waals surface area contributed by atoms with Crippen LogP contribution in [0, 0.1) is 0 Å². The highest BCUT2D eigenvalue weighted by molar-refractivity contribution is 5.93. The number of nitrogens with one attached hydrogen (secondary N) is 2. The number of guanidine groups is 1. The first-order valence-corrected chi connectivity index (χ1v) is 8.56. The zero-order chi connectivity index (χ0) is 18.8. The summed E-state index contributed by atoms with van der Waals surface area (Å²) in [4.78, 5) is 4.65. The van der Waals surface area contributed by atoms with Crippen LogP contribution in [0.25, 0.3) is 0 Å². The van der Waals surface area contributed by atoms with Crippen molar-refractivity contribution < 1.29 is 14.2 Å². The molecule has 1 atom stereocenters. The van der Waals surface area contributed by atoms with Gasteiger partial charge in [0.2, 0.25) is 0 Å². The lowest BCUT2D eigenvalue weighted by Crippen LogP contribution is -2.31. The summed E-state index contributed by atoms with van der Waals surface area (Å²) >= 11 is 0. The van der Waals surface area contributed by atoms with Gasteiger partial charge in [0.25, 0.3) is 0 Å². The van der Waals surface area contributed by atoms with Crippen LogP contribution in [0.3, 0.4) is 0 Å². The fourth-order valence-corrected chi connectivity index (χ4v) is 2.52. The highest BCUT2D eigenvalue weighted by Crippen LogP contribution is 2.29. The minimum Gasteiger partial charge on any atom is -0.493 e. The summed E-state index contributed by atoms with van der Waals surface area (Å²) < 4.78 is 16.2. The molecule has 26 heavy (non-hydrogen) atoms. The molecule has 0 heterocycles. The molecule has 1 unspecified atom stereocenters. The van der Waals surface area contributed by atoms with Crippen molar-refractivity contribution in [1.82, 2.24) is 5.32 Å². The van der Waals surface area contributed by atoms with Crippen molar-refractivity contribution in [1.29, 1.82) is 0 Å². The van der Waals surface area contributed by atoms with Gasteiger partial charge in [-0.15, -0.1) is 0 Å². The Labute approximate surface area is 155 Å². The predicted molar refractivity (Wildman–Crippen MR) is 105 cm³/mol. The van der Waals surface area contributed by atoms with E-state index in [-0.39, 0.29) is 6.10 Å². The number of rotatable bonds is 8. The van der Waals surface area contributed by atoms with E-state index < -0.39 is 0 Å². The van der Waals surface area contributed by atoms with Gasteiger partial charge in [-0.2, -0.15) is 0 Å². The maximum absolute atomic E-state index is 5.58. The number of benzene rings is 2. The summed E-state index contributed by atoms with van der Waals surface area (Å²) in [5.41, 5.74) is 1.96. The smallest absolute Gasteiger partial charge is 0.195 e. The molecule has 2 N–H and O–H groups in total. The first-order chi connectivity index (χ1) is 12.7. The fourth-order valence-electron chi connectivity index (χ4n) is 2.52. The molecule has 0 aliphatic carbocycles. The highest BCUT2D eigenvalue weighted by atomic mass is 16.5. The zero-order valence-electron chi connectivity index (χ0n) is 15.8. The van der Waals surface area contributed by atoms with E-state index in [1.807, 2.05) is 55.5 Å². The van der Waals surface area contributed by atoms with E-state index in [9.17, 15) is 0 Å². The Bertz CT molecular complexity index is 705. The topological polar surface area (TPSA) is 64.1 Å². The van der Waals surface area contributed by atoms with Crippen LogP contribution < -0.4 is 20.1 Å². The Kier molecular flexibility index (Phi) is 7.76. The van der Waals surface area contributed by atoms with Gasteiger partial charge < -0.3 is 24.8 Å². The van der Waals surface area contributed by atoms with Crippen molar-refractivity contribution in [2.75, 3.05) is 39.7 Å². The van der Waals surface area contributed by atoms with Crippen LogP contribution >= 0.6 is 0 Å². The van der Waals surface area contributed by atoms with Gasteiger partial charge in [-0.3, -0.25) is 0 Å². The lowest BCUT2D eigenvalue weighted by Gasteiger charge is -2.16. The van der Waals surface area contributed by atoms with E-state index in [0.29, 0.717) is 24.0 Å². The summed E-state index contributed by atoms with van der Waals surface area (Å²) in [6.07, 6.45) is -0.0999. The molecule has 6 heteroatoms. The lowest BCUT2D eigenvalue weighted by molar-refractivity contribution is 0.111. The number of nitrogens with zero attached hydrogens (tertiary/aromatic N) is 1. The predicted octanol–water partition coefficient (Wildman–Crippen LogP) is 3.47. The summed E-state index contributed by atoms with van der Waals surface area (Å²) in [5.74, 6) is 2.02. The van der Waals surface area contributed by atoms with Crippen LogP contribution in [0.5, 0.6) is 11.5 Å². The van der Waals surface area contributed by atoms with Crippen LogP contribution in [0.15, 0.2) is 53.5 Å². The molecule has 2 rings (SSSR count). The Morgan fingerprint density at radius 3 is 2.35 bits per heavy atom. The van der Waals surface area contributed by atoms with Gasteiger partial charge in [0, 0.05) is 25.4 Å². The second kappa shape index (κ2) is 10.3. The lowest BCUT2D eigenvalue weighted by atomic mass is 10.1. The molecule has 0 saturated carbocycles.